The van der Waals surface area contributed by atoms with E-state index in [2.05, 4.69) is 20.9 Å². The molecule has 0 spiro atoms. The monoisotopic (exact) mass is 241 g/mol. The SMILES string of the molecule is Cl.Clc1ccc(CBr)cn1. The fraction of sp³-hybridized carbons (Fsp3) is 0.167. The second-order valence-electron chi connectivity index (χ2n) is 1.62. The van der Waals surface area contributed by atoms with E-state index >= 15 is 0 Å². The van der Waals surface area contributed by atoms with Gasteiger partial charge in [0.05, 0.1) is 0 Å². The minimum atomic E-state index is 0. The van der Waals surface area contributed by atoms with Gasteiger partial charge < -0.3 is 0 Å². The molecule has 1 heterocycles. The van der Waals surface area contributed by atoms with Crippen LogP contribution >= 0.6 is 39.9 Å². The van der Waals surface area contributed by atoms with Gasteiger partial charge in [0.1, 0.15) is 5.15 Å². The smallest absolute Gasteiger partial charge is 0.129 e. The lowest BCUT2D eigenvalue weighted by molar-refractivity contribution is 1.26. The van der Waals surface area contributed by atoms with Crippen LogP contribution in [0.25, 0.3) is 0 Å². The molecular formula is C6H6BrCl2N. The van der Waals surface area contributed by atoms with Crippen LogP contribution in [-0.4, -0.2) is 4.98 Å². The number of hydrogen-bond acceptors (Lipinski definition) is 1. The zero-order chi connectivity index (χ0) is 6.69. The summed E-state index contributed by atoms with van der Waals surface area (Å²) < 4.78 is 0. The molecule has 10 heavy (non-hydrogen) atoms. The van der Waals surface area contributed by atoms with Gasteiger partial charge in [0, 0.05) is 11.5 Å². The molecule has 1 aromatic rings. The van der Waals surface area contributed by atoms with Gasteiger partial charge in [-0.15, -0.1) is 12.4 Å². The van der Waals surface area contributed by atoms with Gasteiger partial charge in [-0.25, -0.2) is 4.98 Å². The van der Waals surface area contributed by atoms with Crippen molar-refractivity contribution in [2.75, 3.05) is 0 Å². The van der Waals surface area contributed by atoms with E-state index in [4.69, 9.17) is 11.6 Å². The Morgan fingerprint density at radius 1 is 1.50 bits per heavy atom. The Labute approximate surface area is 79.3 Å². The highest BCUT2D eigenvalue weighted by Crippen LogP contribution is 2.07. The zero-order valence-electron chi connectivity index (χ0n) is 5.05. The van der Waals surface area contributed by atoms with E-state index in [0.717, 1.165) is 10.9 Å². The van der Waals surface area contributed by atoms with Crippen LogP contribution in [0.2, 0.25) is 5.15 Å². The molecule has 1 nitrogen and oxygen atoms in total. The molecule has 0 radical (unpaired) electrons. The van der Waals surface area contributed by atoms with Crippen LogP contribution in [0.1, 0.15) is 5.56 Å². The van der Waals surface area contributed by atoms with Gasteiger partial charge in [0.25, 0.3) is 0 Å². The maximum absolute atomic E-state index is 5.54. The summed E-state index contributed by atoms with van der Waals surface area (Å²) in [6.45, 7) is 0. The Hall–Kier alpha value is 0.210. The van der Waals surface area contributed by atoms with Crippen LogP contribution in [0, 0.1) is 0 Å². The first-order valence-corrected chi connectivity index (χ1v) is 3.99. The molecule has 0 aliphatic carbocycles. The Morgan fingerprint density at radius 2 is 2.20 bits per heavy atom. The minimum Gasteiger partial charge on any atom is -0.244 e. The molecule has 0 aromatic carbocycles. The van der Waals surface area contributed by atoms with Crippen LogP contribution in [0.15, 0.2) is 18.3 Å². The highest BCUT2D eigenvalue weighted by atomic mass is 79.9. The van der Waals surface area contributed by atoms with Gasteiger partial charge in [-0.05, 0) is 11.6 Å². The summed E-state index contributed by atoms with van der Waals surface area (Å²) in [5.41, 5.74) is 1.14. The maximum Gasteiger partial charge on any atom is 0.129 e. The standard InChI is InChI=1S/C6H5BrClN.ClH/c7-3-5-1-2-6(8)9-4-5;/h1-2,4H,3H2;1H. The molecule has 0 aliphatic rings. The predicted molar refractivity (Wildman–Crippen MR) is 49.1 cm³/mol. The van der Waals surface area contributed by atoms with E-state index in [0.29, 0.717) is 5.15 Å². The average Bonchev–Trinajstić information content (AvgIpc) is 1.90. The number of alkyl halides is 1. The van der Waals surface area contributed by atoms with E-state index in [9.17, 15) is 0 Å². The van der Waals surface area contributed by atoms with E-state index < -0.39 is 0 Å². The van der Waals surface area contributed by atoms with E-state index in [1.165, 1.54) is 0 Å². The van der Waals surface area contributed by atoms with Crippen molar-refractivity contribution in [1.82, 2.24) is 4.98 Å². The summed E-state index contributed by atoms with van der Waals surface area (Å²) in [4.78, 5) is 3.89. The summed E-state index contributed by atoms with van der Waals surface area (Å²) in [6.07, 6.45) is 1.75. The number of aromatic nitrogens is 1. The first-order chi connectivity index (χ1) is 4.33. The van der Waals surface area contributed by atoms with Crippen molar-refractivity contribution >= 4 is 39.9 Å². The molecule has 0 atom stereocenters. The number of rotatable bonds is 1. The van der Waals surface area contributed by atoms with Crippen molar-refractivity contribution in [1.29, 1.82) is 0 Å². The zero-order valence-corrected chi connectivity index (χ0v) is 8.21. The van der Waals surface area contributed by atoms with Crippen molar-refractivity contribution in [2.45, 2.75) is 5.33 Å². The quantitative estimate of drug-likeness (QED) is 0.545. The summed E-state index contributed by atoms with van der Waals surface area (Å²) >= 11 is 8.84. The molecule has 1 aromatic heterocycles. The molecule has 56 valence electrons. The third-order valence-electron chi connectivity index (χ3n) is 0.943. The lowest BCUT2D eigenvalue weighted by atomic mass is 10.3. The normalized spacial score (nSPS) is 8.60. The number of halogens is 3. The fourth-order valence-corrected chi connectivity index (χ4v) is 0.929. The fourth-order valence-electron chi connectivity index (χ4n) is 0.485. The van der Waals surface area contributed by atoms with Gasteiger partial charge in [0.15, 0.2) is 0 Å². The van der Waals surface area contributed by atoms with Crippen LogP contribution in [0.3, 0.4) is 0 Å². The molecule has 0 unspecified atom stereocenters. The third kappa shape index (κ3) is 2.86. The van der Waals surface area contributed by atoms with Crippen LogP contribution in [0.4, 0.5) is 0 Å². The Kier molecular flexibility index (Phi) is 5.04. The number of hydrogen-bond donors (Lipinski definition) is 0. The van der Waals surface area contributed by atoms with Gasteiger partial charge in [0.2, 0.25) is 0 Å². The van der Waals surface area contributed by atoms with Gasteiger partial charge in [-0.2, -0.15) is 0 Å². The maximum atomic E-state index is 5.54. The predicted octanol–water partition coefficient (Wildman–Crippen LogP) is 3.05. The van der Waals surface area contributed by atoms with Crippen molar-refractivity contribution < 1.29 is 0 Å². The second kappa shape index (κ2) is 4.94. The lowest BCUT2D eigenvalue weighted by Crippen LogP contribution is -1.78. The molecule has 0 saturated heterocycles. The molecule has 0 aliphatic heterocycles. The largest absolute Gasteiger partial charge is 0.244 e. The molecule has 1 rings (SSSR count). The number of pyridine rings is 1. The van der Waals surface area contributed by atoms with E-state index in [1.807, 2.05) is 6.07 Å². The average molecular weight is 243 g/mol. The summed E-state index contributed by atoms with van der Waals surface area (Å²) in [5, 5.41) is 1.37. The Bertz CT molecular complexity index is 187. The first-order valence-electron chi connectivity index (χ1n) is 2.49. The van der Waals surface area contributed by atoms with Crippen molar-refractivity contribution in [3.63, 3.8) is 0 Å². The molecular weight excluding hydrogens is 237 g/mol. The molecule has 0 bridgehead atoms. The van der Waals surface area contributed by atoms with Crippen LogP contribution < -0.4 is 0 Å². The summed E-state index contributed by atoms with van der Waals surface area (Å²) in [7, 11) is 0. The first kappa shape index (κ1) is 10.2. The highest BCUT2D eigenvalue weighted by Gasteiger charge is 1.88. The van der Waals surface area contributed by atoms with E-state index in [1.54, 1.807) is 12.3 Å². The highest BCUT2D eigenvalue weighted by molar-refractivity contribution is 9.08. The molecule has 0 fully saturated rings. The third-order valence-corrected chi connectivity index (χ3v) is 1.81. The van der Waals surface area contributed by atoms with Gasteiger partial charge in [-0.1, -0.05) is 33.6 Å². The van der Waals surface area contributed by atoms with Gasteiger partial charge in [-0.3, -0.25) is 0 Å². The summed E-state index contributed by atoms with van der Waals surface area (Å²) in [6, 6.07) is 3.71. The second-order valence-corrected chi connectivity index (χ2v) is 2.57. The topological polar surface area (TPSA) is 12.9 Å². The Morgan fingerprint density at radius 3 is 2.60 bits per heavy atom. The summed E-state index contributed by atoms with van der Waals surface area (Å²) in [5.74, 6) is 0. The van der Waals surface area contributed by atoms with Gasteiger partial charge >= 0.3 is 0 Å². The molecule has 0 amide bonds. The van der Waals surface area contributed by atoms with Crippen LogP contribution in [0.5, 0.6) is 0 Å². The minimum absolute atomic E-state index is 0. The van der Waals surface area contributed by atoms with Crippen molar-refractivity contribution in [2.24, 2.45) is 0 Å². The lowest BCUT2D eigenvalue weighted by Gasteiger charge is -1.91. The molecule has 0 N–H and O–H groups in total. The van der Waals surface area contributed by atoms with E-state index in [-0.39, 0.29) is 12.4 Å². The molecule has 4 heteroatoms. The van der Waals surface area contributed by atoms with Crippen molar-refractivity contribution in [3.8, 4) is 0 Å². The van der Waals surface area contributed by atoms with Crippen molar-refractivity contribution in [3.05, 3.63) is 29.0 Å². The van der Waals surface area contributed by atoms with Crippen LogP contribution in [-0.2, 0) is 5.33 Å². The molecule has 0 saturated carbocycles. The number of nitrogens with zero attached hydrogens (tertiary/aromatic N) is 1. The Balaban J connectivity index is 0.000000810.